The maximum absolute atomic E-state index is 14.1. The minimum Gasteiger partial charge on any atom is -0.454 e. The average Bonchev–Trinajstić information content (AvgIpc) is 3.13. The summed E-state index contributed by atoms with van der Waals surface area (Å²) in [5.41, 5.74) is 2.11. The highest BCUT2D eigenvalue weighted by Gasteiger charge is 2.25. The number of benzene rings is 3. The Morgan fingerprint density at radius 3 is 2.67 bits per heavy atom. The smallest absolute Gasteiger partial charge is 0.258 e. The van der Waals surface area contributed by atoms with E-state index in [1.165, 1.54) is 12.1 Å². The van der Waals surface area contributed by atoms with Crippen LogP contribution in [-0.4, -0.2) is 54.8 Å². The molecule has 1 fully saturated rings. The topological polar surface area (TPSA) is 57.2 Å². The summed E-state index contributed by atoms with van der Waals surface area (Å²) in [7, 11) is 2.13. The predicted octanol–water partition coefficient (Wildman–Crippen LogP) is 4.90. The predicted molar refractivity (Wildman–Crippen MR) is 127 cm³/mol. The number of ether oxygens (including phenoxy) is 1. The zero-order valence-electron chi connectivity index (χ0n) is 18.4. The van der Waals surface area contributed by atoms with Crippen molar-refractivity contribution < 1.29 is 13.9 Å². The van der Waals surface area contributed by atoms with Crippen molar-refractivity contribution in [3.05, 3.63) is 83.7 Å². The van der Waals surface area contributed by atoms with Gasteiger partial charge in [0.1, 0.15) is 23.1 Å². The first kappa shape index (κ1) is 21.2. The number of nitrogens with one attached hydrogen (secondary N) is 1. The number of para-hydroxylation sites is 2. The first-order valence-corrected chi connectivity index (χ1v) is 11.1. The maximum Gasteiger partial charge on any atom is 0.258 e. The van der Waals surface area contributed by atoms with E-state index in [0.717, 1.165) is 49.7 Å². The number of nitrogens with zero attached hydrogens (tertiary/aromatic N) is 3. The van der Waals surface area contributed by atoms with Crippen LogP contribution in [0.1, 0.15) is 22.3 Å². The molecule has 0 aromatic heterocycles. The average molecular weight is 445 g/mol. The van der Waals surface area contributed by atoms with E-state index in [4.69, 9.17) is 9.73 Å². The van der Waals surface area contributed by atoms with Crippen molar-refractivity contribution in [2.24, 2.45) is 4.99 Å². The molecule has 33 heavy (non-hydrogen) atoms. The van der Waals surface area contributed by atoms with Crippen LogP contribution in [0.2, 0.25) is 0 Å². The van der Waals surface area contributed by atoms with Crippen LogP contribution in [-0.2, 0) is 0 Å². The second-order valence-electron chi connectivity index (χ2n) is 8.29. The third-order valence-corrected chi connectivity index (χ3v) is 5.93. The number of carbonyl (C=O) groups is 1. The first-order chi connectivity index (χ1) is 16.1. The van der Waals surface area contributed by atoms with E-state index >= 15 is 0 Å². The fourth-order valence-corrected chi connectivity index (χ4v) is 4.14. The highest BCUT2D eigenvalue weighted by Crippen LogP contribution is 2.39. The lowest BCUT2D eigenvalue weighted by Crippen LogP contribution is -2.35. The van der Waals surface area contributed by atoms with Crippen molar-refractivity contribution in [2.45, 2.75) is 6.42 Å². The number of halogens is 1. The normalized spacial score (nSPS) is 15.9. The van der Waals surface area contributed by atoms with Crippen LogP contribution in [0.25, 0.3) is 0 Å². The van der Waals surface area contributed by atoms with Crippen molar-refractivity contribution >= 4 is 23.1 Å². The standard InChI is InChI=1S/C26H25FN4O2/c1-30-13-6-14-31(16-15-30)25-20-17-18(28-26(32)19-7-2-3-8-21(19)27)11-12-23(20)33-24-10-5-4-9-22(24)29-25/h2-5,7-12,17H,6,13-16H2,1H3,(H,28,32). The Labute approximate surface area is 192 Å². The van der Waals surface area contributed by atoms with Crippen LogP contribution in [0.4, 0.5) is 15.8 Å². The Balaban J connectivity index is 1.53. The van der Waals surface area contributed by atoms with Gasteiger partial charge in [-0.3, -0.25) is 4.79 Å². The molecule has 0 atom stereocenters. The zero-order valence-corrected chi connectivity index (χ0v) is 18.4. The maximum atomic E-state index is 14.1. The number of anilines is 1. The summed E-state index contributed by atoms with van der Waals surface area (Å²) in [6.07, 6.45) is 1.02. The van der Waals surface area contributed by atoms with Crippen LogP contribution in [0.15, 0.2) is 71.7 Å². The SMILES string of the molecule is CN1CCCN(C2=Nc3ccccc3Oc3ccc(NC(=O)c4ccccc4F)cc32)CC1. The van der Waals surface area contributed by atoms with Gasteiger partial charge in [0.2, 0.25) is 0 Å². The lowest BCUT2D eigenvalue weighted by molar-refractivity contribution is 0.102. The number of amides is 1. The van der Waals surface area contributed by atoms with Gasteiger partial charge in [-0.2, -0.15) is 0 Å². The summed E-state index contributed by atoms with van der Waals surface area (Å²) in [5.74, 6) is 1.11. The largest absolute Gasteiger partial charge is 0.454 e. The molecular weight excluding hydrogens is 419 g/mol. The van der Waals surface area contributed by atoms with E-state index in [1.54, 1.807) is 18.2 Å². The molecule has 1 saturated heterocycles. The van der Waals surface area contributed by atoms with Crippen LogP contribution < -0.4 is 10.1 Å². The van der Waals surface area contributed by atoms with E-state index in [-0.39, 0.29) is 5.56 Å². The number of hydrogen-bond acceptors (Lipinski definition) is 5. The fourth-order valence-electron chi connectivity index (χ4n) is 4.14. The third kappa shape index (κ3) is 4.45. The van der Waals surface area contributed by atoms with Gasteiger partial charge in [-0.1, -0.05) is 24.3 Å². The second kappa shape index (κ2) is 9.03. The molecule has 7 heteroatoms. The molecule has 6 nitrogen and oxygen atoms in total. The molecule has 3 aromatic rings. The van der Waals surface area contributed by atoms with E-state index in [2.05, 4.69) is 22.2 Å². The van der Waals surface area contributed by atoms with Gasteiger partial charge in [0.05, 0.1) is 11.1 Å². The fraction of sp³-hybridized carbons (Fsp3) is 0.231. The Bertz CT molecular complexity index is 1230. The molecule has 168 valence electrons. The van der Waals surface area contributed by atoms with E-state index in [9.17, 15) is 9.18 Å². The molecule has 0 radical (unpaired) electrons. The number of likely N-dealkylation sites (N-methyl/N-ethyl adjacent to an activating group) is 1. The van der Waals surface area contributed by atoms with Gasteiger partial charge in [-0.25, -0.2) is 9.38 Å². The second-order valence-corrected chi connectivity index (χ2v) is 8.29. The van der Waals surface area contributed by atoms with Crippen LogP contribution >= 0.6 is 0 Å². The summed E-state index contributed by atoms with van der Waals surface area (Å²) >= 11 is 0. The highest BCUT2D eigenvalue weighted by atomic mass is 19.1. The molecule has 5 rings (SSSR count). The summed E-state index contributed by atoms with van der Waals surface area (Å²) in [4.78, 5) is 22.3. The van der Waals surface area contributed by atoms with Crippen LogP contribution in [0.3, 0.4) is 0 Å². The number of carbonyl (C=O) groups excluding carboxylic acids is 1. The molecule has 1 N–H and O–H groups in total. The number of rotatable bonds is 2. The molecule has 0 saturated carbocycles. The molecule has 0 spiro atoms. The van der Waals surface area contributed by atoms with E-state index < -0.39 is 11.7 Å². The van der Waals surface area contributed by atoms with Gasteiger partial charge >= 0.3 is 0 Å². The minimum atomic E-state index is -0.556. The van der Waals surface area contributed by atoms with Crippen LogP contribution in [0, 0.1) is 5.82 Å². The van der Waals surface area contributed by atoms with Crippen molar-refractivity contribution in [2.75, 3.05) is 38.5 Å². The van der Waals surface area contributed by atoms with Gasteiger partial charge in [-0.15, -0.1) is 0 Å². The number of aliphatic imine (C=N–C) groups is 1. The molecule has 0 unspecified atom stereocenters. The number of hydrogen-bond donors (Lipinski definition) is 1. The highest BCUT2D eigenvalue weighted by molar-refractivity contribution is 6.07. The lowest BCUT2D eigenvalue weighted by Gasteiger charge is -2.25. The zero-order chi connectivity index (χ0) is 22.8. The molecular formula is C26H25FN4O2. The Kier molecular flexibility index (Phi) is 5.79. The third-order valence-electron chi connectivity index (χ3n) is 5.93. The van der Waals surface area contributed by atoms with Crippen LogP contribution in [0.5, 0.6) is 11.5 Å². The monoisotopic (exact) mass is 444 g/mol. The summed E-state index contributed by atoms with van der Waals surface area (Å²) in [6.45, 7) is 3.67. The van der Waals surface area contributed by atoms with E-state index in [0.29, 0.717) is 17.2 Å². The summed E-state index contributed by atoms with van der Waals surface area (Å²) < 4.78 is 20.3. The molecule has 0 aliphatic carbocycles. The molecule has 3 aromatic carbocycles. The molecule has 2 aliphatic rings. The molecule has 0 bridgehead atoms. The minimum absolute atomic E-state index is 0.000504. The number of amidine groups is 1. The Hall–Kier alpha value is -3.71. The van der Waals surface area contributed by atoms with Gasteiger partial charge < -0.3 is 19.9 Å². The first-order valence-electron chi connectivity index (χ1n) is 11.1. The Morgan fingerprint density at radius 1 is 0.970 bits per heavy atom. The van der Waals surface area contributed by atoms with Crippen molar-refractivity contribution in [3.8, 4) is 11.5 Å². The van der Waals surface area contributed by atoms with Crippen molar-refractivity contribution in [3.63, 3.8) is 0 Å². The lowest BCUT2D eigenvalue weighted by atomic mass is 10.1. The number of fused-ring (bicyclic) bond motifs is 2. The molecule has 1 amide bonds. The van der Waals surface area contributed by atoms with Gasteiger partial charge in [0.25, 0.3) is 5.91 Å². The molecule has 2 aliphatic heterocycles. The summed E-state index contributed by atoms with van der Waals surface area (Å²) in [6, 6.07) is 19.1. The molecule has 2 heterocycles. The van der Waals surface area contributed by atoms with Crippen molar-refractivity contribution in [1.82, 2.24) is 9.80 Å². The van der Waals surface area contributed by atoms with Gasteiger partial charge in [0.15, 0.2) is 5.75 Å². The quantitative estimate of drug-likeness (QED) is 0.611. The van der Waals surface area contributed by atoms with E-state index in [1.807, 2.05) is 36.4 Å². The Morgan fingerprint density at radius 2 is 1.79 bits per heavy atom. The van der Waals surface area contributed by atoms with Gasteiger partial charge in [0, 0.05) is 25.3 Å². The summed E-state index contributed by atoms with van der Waals surface area (Å²) in [5, 5.41) is 2.82. The van der Waals surface area contributed by atoms with Crippen molar-refractivity contribution in [1.29, 1.82) is 0 Å². The van der Waals surface area contributed by atoms with Gasteiger partial charge in [-0.05, 0) is 62.5 Å².